The summed E-state index contributed by atoms with van der Waals surface area (Å²) in [6.07, 6.45) is -0.894. The zero-order valence-electron chi connectivity index (χ0n) is 26.9. The second-order valence-corrected chi connectivity index (χ2v) is 14.2. The Morgan fingerprint density at radius 3 is 2.57 bits per heavy atom. The Labute approximate surface area is 267 Å². The molecule has 1 saturated heterocycles. The van der Waals surface area contributed by atoms with Gasteiger partial charge in [0.15, 0.2) is 0 Å². The molecule has 1 atom stereocenters. The van der Waals surface area contributed by atoms with Crippen molar-refractivity contribution in [2.45, 2.75) is 77.2 Å². The van der Waals surface area contributed by atoms with Crippen LogP contribution in [0.15, 0.2) is 42.7 Å². The Balaban J connectivity index is 1.21. The van der Waals surface area contributed by atoms with E-state index in [1.165, 1.54) is 11.0 Å². The predicted octanol–water partition coefficient (Wildman–Crippen LogP) is 6.06. The number of nitrogens with one attached hydrogen (secondary N) is 1. The number of ether oxygens (including phenoxy) is 1. The molecule has 0 spiro atoms. The number of amides is 2. The molecule has 3 aliphatic rings. The van der Waals surface area contributed by atoms with Gasteiger partial charge < -0.3 is 19.5 Å². The lowest BCUT2D eigenvalue weighted by Gasteiger charge is -2.46. The van der Waals surface area contributed by atoms with Crippen LogP contribution in [-0.4, -0.2) is 56.9 Å². The first kappa shape index (κ1) is 32.0. The van der Waals surface area contributed by atoms with Gasteiger partial charge in [-0.05, 0) is 99.4 Å². The molecule has 1 N–H and O–H groups in total. The average molecular weight is 639 g/mol. The minimum absolute atomic E-state index is 0.00722. The van der Waals surface area contributed by atoms with Gasteiger partial charge in [-0.15, -0.1) is 10.2 Å². The molecular weight excluding hydrogens is 597 g/mol. The molecule has 2 amide bonds. The summed E-state index contributed by atoms with van der Waals surface area (Å²) in [4.78, 5) is 29.4. The Kier molecular flexibility index (Phi) is 8.15. The number of carbonyl (C=O) groups excluding carboxylic acids is 2. The molecule has 6 rings (SSSR count). The van der Waals surface area contributed by atoms with Gasteiger partial charge in [-0.3, -0.25) is 9.69 Å². The van der Waals surface area contributed by atoms with Crippen molar-refractivity contribution >= 4 is 17.7 Å². The maximum Gasteiger partial charge on any atom is 0.416 e. The molecule has 2 aromatic carbocycles. The number of hydrogen-bond donors (Lipinski definition) is 1. The minimum atomic E-state index is -4.61. The third-order valence-electron chi connectivity index (χ3n) is 9.36. The van der Waals surface area contributed by atoms with Crippen molar-refractivity contribution in [3.05, 3.63) is 76.4 Å². The summed E-state index contributed by atoms with van der Waals surface area (Å²) >= 11 is 0. The number of alkyl carbamates (subject to hydrolysis) is 1. The van der Waals surface area contributed by atoms with Gasteiger partial charge in [-0.25, -0.2) is 4.79 Å². The summed E-state index contributed by atoms with van der Waals surface area (Å²) < 4.78 is 50.5. The fourth-order valence-electron chi connectivity index (χ4n) is 7.41. The smallest absolute Gasteiger partial charge is 0.416 e. The van der Waals surface area contributed by atoms with E-state index in [0.29, 0.717) is 36.8 Å². The number of carbonyl (C=O) groups is 2. The number of benzene rings is 2. The number of likely N-dealkylation sites (tertiary alicyclic amines) is 1. The van der Waals surface area contributed by atoms with Crippen LogP contribution in [0.25, 0.3) is 0 Å². The van der Waals surface area contributed by atoms with Crippen LogP contribution in [0, 0.1) is 11.8 Å². The summed E-state index contributed by atoms with van der Waals surface area (Å²) in [5.74, 6) is 1.04. The van der Waals surface area contributed by atoms with Gasteiger partial charge >= 0.3 is 12.3 Å². The van der Waals surface area contributed by atoms with Crippen LogP contribution in [0.4, 0.5) is 23.7 Å². The maximum absolute atomic E-state index is 14.4. The molecular formula is C34H41F3N6O3. The maximum atomic E-state index is 14.4. The van der Waals surface area contributed by atoms with Gasteiger partial charge in [0.25, 0.3) is 5.91 Å². The van der Waals surface area contributed by atoms with E-state index >= 15 is 0 Å². The van der Waals surface area contributed by atoms with Gasteiger partial charge in [0.05, 0.1) is 17.5 Å². The molecule has 0 unspecified atom stereocenters. The Hall–Kier alpha value is -3.93. The predicted molar refractivity (Wildman–Crippen MR) is 166 cm³/mol. The lowest BCUT2D eigenvalue weighted by atomic mass is 9.58. The monoisotopic (exact) mass is 638 g/mol. The first-order valence-corrected chi connectivity index (χ1v) is 15.8. The molecule has 1 aromatic heterocycles. The SMILES string of the molecule is CC1CC(c2cccc(N3Cc4c(cc(CN5CC[C@H](CNC(=O)OC(C)(C)C)C5)cc4C(F)(F)F)C3=O)c2)(c2nncn2C)C1. The number of nitrogens with zero attached hydrogens (tertiary/aromatic N) is 5. The van der Waals surface area contributed by atoms with E-state index in [2.05, 4.69) is 27.3 Å². The van der Waals surface area contributed by atoms with E-state index in [9.17, 15) is 22.8 Å². The zero-order chi connectivity index (χ0) is 33.0. The van der Waals surface area contributed by atoms with Crippen LogP contribution in [-0.2, 0) is 36.5 Å². The van der Waals surface area contributed by atoms with Crippen molar-refractivity contribution in [3.8, 4) is 0 Å². The molecule has 3 aromatic rings. The lowest BCUT2D eigenvalue weighted by molar-refractivity contribution is -0.138. The number of aromatic nitrogens is 3. The normalized spacial score (nSPS) is 23.4. The van der Waals surface area contributed by atoms with E-state index in [0.717, 1.165) is 30.7 Å². The van der Waals surface area contributed by atoms with Crippen LogP contribution in [0.3, 0.4) is 0 Å². The van der Waals surface area contributed by atoms with E-state index in [1.54, 1.807) is 39.2 Å². The third kappa shape index (κ3) is 6.23. The second-order valence-electron chi connectivity index (χ2n) is 14.2. The number of hydrogen-bond acceptors (Lipinski definition) is 6. The molecule has 12 heteroatoms. The summed E-state index contributed by atoms with van der Waals surface area (Å²) in [5, 5.41) is 11.3. The van der Waals surface area contributed by atoms with Gasteiger partial charge in [-0.2, -0.15) is 13.2 Å². The third-order valence-corrected chi connectivity index (χ3v) is 9.36. The molecule has 0 radical (unpaired) electrons. The van der Waals surface area contributed by atoms with Crippen LogP contribution in [0.1, 0.15) is 85.4 Å². The van der Waals surface area contributed by atoms with Crippen LogP contribution < -0.4 is 10.2 Å². The largest absolute Gasteiger partial charge is 0.444 e. The molecule has 2 aliphatic heterocycles. The van der Waals surface area contributed by atoms with Crippen molar-refractivity contribution in [3.63, 3.8) is 0 Å². The Morgan fingerprint density at radius 2 is 1.91 bits per heavy atom. The number of aryl methyl sites for hydroxylation is 1. The highest BCUT2D eigenvalue weighted by molar-refractivity contribution is 6.10. The van der Waals surface area contributed by atoms with E-state index < -0.39 is 29.3 Å². The molecule has 46 heavy (non-hydrogen) atoms. The molecule has 3 heterocycles. The van der Waals surface area contributed by atoms with Crippen molar-refractivity contribution < 1.29 is 27.5 Å². The lowest BCUT2D eigenvalue weighted by Crippen LogP contribution is -2.43. The van der Waals surface area contributed by atoms with E-state index in [4.69, 9.17) is 4.74 Å². The first-order valence-electron chi connectivity index (χ1n) is 15.8. The van der Waals surface area contributed by atoms with Crippen LogP contribution in [0.5, 0.6) is 0 Å². The minimum Gasteiger partial charge on any atom is -0.444 e. The summed E-state index contributed by atoms with van der Waals surface area (Å²) in [6, 6.07) is 10.4. The molecule has 246 valence electrons. The number of alkyl halides is 3. The molecule has 2 fully saturated rings. The van der Waals surface area contributed by atoms with Gasteiger partial charge in [-0.1, -0.05) is 19.1 Å². The topological polar surface area (TPSA) is 92.6 Å². The van der Waals surface area contributed by atoms with Crippen molar-refractivity contribution in [1.29, 1.82) is 0 Å². The van der Waals surface area contributed by atoms with E-state index in [1.807, 2.05) is 29.8 Å². The second kappa shape index (κ2) is 11.7. The Bertz CT molecular complexity index is 1640. The van der Waals surface area contributed by atoms with Crippen molar-refractivity contribution in [2.75, 3.05) is 24.5 Å². The molecule has 0 bridgehead atoms. The van der Waals surface area contributed by atoms with Crippen molar-refractivity contribution in [2.24, 2.45) is 18.9 Å². The highest BCUT2D eigenvalue weighted by Crippen LogP contribution is 2.52. The fraction of sp³-hybridized carbons (Fsp3) is 0.529. The molecule has 1 saturated carbocycles. The standard InChI is InChI=1S/C34H41F3N6O3/c1-21-14-33(15-21,30-40-39-20-41(30)5)24-7-6-8-25(13-24)43-19-27-26(29(43)44)11-23(12-28(27)34(35,36)37)18-42-10-9-22(17-42)16-38-31(45)46-32(2,3)4/h6-8,11-13,20-22H,9-10,14-19H2,1-5H3,(H,38,45)/t21?,22-,33?/m1/s1. The van der Waals surface area contributed by atoms with Crippen LogP contribution >= 0.6 is 0 Å². The summed E-state index contributed by atoms with van der Waals surface area (Å²) in [7, 11) is 1.91. The van der Waals surface area contributed by atoms with Gasteiger partial charge in [0.1, 0.15) is 17.8 Å². The quantitative estimate of drug-likeness (QED) is 0.339. The number of rotatable bonds is 7. The molecule has 9 nitrogen and oxygen atoms in total. The Morgan fingerprint density at radius 1 is 1.15 bits per heavy atom. The first-order chi connectivity index (χ1) is 21.6. The van der Waals surface area contributed by atoms with Crippen molar-refractivity contribution in [1.82, 2.24) is 25.0 Å². The van der Waals surface area contributed by atoms with Gasteiger partial charge in [0.2, 0.25) is 0 Å². The van der Waals surface area contributed by atoms with E-state index in [-0.39, 0.29) is 35.5 Å². The number of anilines is 1. The number of halogens is 3. The highest BCUT2D eigenvalue weighted by atomic mass is 19.4. The number of fused-ring (bicyclic) bond motifs is 1. The summed E-state index contributed by atoms with van der Waals surface area (Å²) in [5.41, 5.74) is 0.360. The zero-order valence-corrected chi connectivity index (χ0v) is 26.9. The highest BCUT2D eigenvalue weighted by Gasteiger charge is 2.48. The molecule has 1 aliphatic carbocycles. The average Bonchev–Trinajstić information content (AvgIpc) is 3.67. The fourth-order valence-corrected chi connectivity index (χ4v) is 7.41. The summed E-state index contributed by atoms with van der Waals surface area (Å²) in [6.45, 7) is 9.41. The van der Waals surface area contributed by atoms with Gasteiger partial charge in [0, 0.05) is 37.9 Å². The van der Waals surface area contributed by atoms with Crippen LogP contribution in [0.2, 0.25) is 0 Å².